The number of rotatable bonds is 9. The van der Waals surface area contributed by atoms with E-state index in [1.54, 1.807) is 12.1 Å². The highest BCUT2D eigenvalue weighted by molar-refractivity contribution is 5.89. The van der Waals surface area contributed by atoms with Gasteiger partial charge in [0.1, 0.15) is 29.7 Å². The van der Waals surface area contributed by atoms with Gasteiger partial charge in [0.05, 0.1) is 12.2 Å². The van der Waals surface area contributed by atoms with E-state index in [-0.39, 0.29) is 17.9 Å². The molecule has 0 spiro atoms. The van der Waals surface area contributed by atoms with Crippen LogP contribution in [0.4, 0.5) is 10.6 Å². The number of cyclic esters (lactones) is 1. The molecule has 11 nitrogen and oxygen atoms in total. The number of hydrogen-bond acceptors (Lipinski definition) is 10. The molecule has 2 aliphatic rings. The van der Waals surface area contributed by atoms with Gasteiger partial charge in [0.15, 0.2) is 0 Å². The van der Waals surface area contributed by atoms with Gasteiger partial charge in [-0.15, -0.1) is 0 Å². The molecule has 4 aromatic rings. The van der Waals surface area contributed by atoms with Gasteiger partial charge < -0.3 is 24.5 Å². The topological polar surface area (TPSA) is 132 Å². The third-order valence-corrected chi connectivity index (χ3v) is 6.43. The summed E-state index contributed by atoms with van der Waals surface area (Å²) in [4.78, 5) is 38.2. The molecule has 2 aliphatic heterocycles. The minimum atomic E-state index is -0.596. The molecule has 0 unspecified atom stereocenters. The van der Waals surface area contributed by atoms with Crippen LogP contribution in [0.1, 0.15) is 12.0 Å². The molecule has 0 aliphatic carbocycles. The Morgan fingerprint density at radius 3 is 2.84 bits per heavy atom. The first kappa shape index (κ1) is 24.0. The summed E-state index contributed by atoms with van der Waals surface area (Å²) >= 11 is 0. The number of aromatic nitrogens is 3. The Labute approximate surface area is 217 Å². The minimum absolute atomic E-state index is 0.0836. The molecule has 11 heteroatoms. The van der Waals surface area contributed by atoms with Gasteiger partial charge in [-0.05, 0) is 42.8 Å². The second-order valence-electron chi connectivity index (χ2n) is 9.21. The molecule has 3 aromatic heterocycles. The van der Waals surface area contributed by atoms with Crippen molar-refractivity contribution < 1.29 is 18.7 Å². The quantitative estimate of drug-likeness (QED) is 0.321. The molecule has 2 fully saturated rings. The van der Waals surface area contributed by atoms with E-state index >= 15 is 0 Å². The van der Waals surface area contributed by atoms with Crippen molar-refractivity contribution in [3.63, 3.8) is 0 Å². The summed E-state index contributed by atoms with van der Waals surface area (Å²) in [5.74, 6) is 0.996. The van der Waals surface area contributed by atoms with Crippen LogP contribution in [0.25, 0.3) is 22.5 Å². The molecule has 0 bridgehead atoms. The largest absolute Gasteiger partial charge is 0.472 e. The first-order valence-corrected chi connectivity index (χ1v) is 12.5. The van der Waals surface area contributed by atoms with Crippen LogP contribution in [0.3, 0.4) is 0 Å². The molecule has 1 amide bonds. The summed E-state index contributed by atoms with van der Waals surface area (Å²) in [5, 5.41) is 6.62. The summed E-state index contributed by atoms with van der Waals surface area (Å²) < 4.78 is 16.5. The van der Waals surface area contributed by atoms with Crippen molar-refractivity contribution in [3.8, 4) is 17.1 Å². The number of amides is 1. The lowest BCUT2D eigenvalue weighted by Gasteiger charge is -2.27. The Bertz CT molecular complexity index is 1520. The van der Waals surface area contributed by atoms with Crippen LogP contribution in [0, 0.1) is 0 Å². The Morgan fingerprint density at radius 1 is 1.08 bits per heavy atom. The van der Waals surface area contributed by atoms with Gasteiger partial charge in [0, 0.05) is 31.3 Å². The van der Waals surface area contributed by atoms with E-state index in [0.717, 1.165) is 36.1 Å². The van der Waals surface area contributed by atoms with E-state index in [2.05, 4.69) is 37.7 Å². The lowest BCUT2D eigenvalue weighted by Crippen LogP contribution is -2.50. The fraction of sp³-hybridized carbons (Fsp3) is 0.296. The lowest BCUT2D eigenvalue weighted by atomic mass is 10.1. The van der Waals surface area contributed by atoms with Crippen molar-refractivity contribution in [2.45, 2.75) is 25.2 Å². The maximum atomic E-state index is 12.4. The van der Waals surface area contributed by atoms with Crippen LogP contribution in [-0.2, 0) is 11.3 Å². The van der Waals surface area contributed by atoms with E-state index in [1.165, 1.54) is 4.90 Å². The molecule has 38 heavy (non-hydrogen) atoms. The van der Waals surface area contributed by atoms with Gasteiger partial charge in [0.2, 0.25) is 5.88 Å². The molecule has 0 radical (unpaired) electrons. The number of ether oxygens (including phenoxy) is 2. The average molecular weight is 515 g/mol. The zero-order chi connectivity index (χ0) is 25.9. The van der Waals surface area contributed by atoms with E-state index in [1.807, 2.05) is 30.3 Å². The number of benzene rings is 1. The zero-order valence-corrected chi connectivity index (χ0v) is 20.5. The molecule has 0 saturated carbocycles. The van der Waals surface area contributed by atoms with E-state index < -0.39 is 11.7 Å². The maximum absolute atomic E-state index is 12.4. The summed E-state index contributed by atoms with van der Waals surface area (Å²) in [6.45, 7) is 3.39. The molecule has 194 valence electrons. The van der Waals surface area contributed by atoms with Crippen LogP contribution in [0.15, 0.2) is 70.0 Å². The third kappa shape index (κ3) is 5.34. The SMILES string of the molecule is O=C1O[C@@H](CCNCc2cccc(-c3cccc(OC4CNC4)n3)c2)CN1c1ccc2ncc(=O)oc2n1. The monoisotopic (exact) mass is 514 g/mol. The Morgan fingerprint density at radius 2 is 1.97 bits per heavy atom. The van der Waals surface area contributed by atoms with Crippen molar-refractivity contribution >= 4 is 23.1 Å². The highest BCUT2D eigenvalue weighted by atomic mass is 16.6. The molecular formula is C27H26N6O5. The number of fused-ring (bicyclic) bond motifs is 1. The normalized spacial score (nSPS) is 17.4. The number of nitrogens with zero attached hydrogens (tertiary/aromatic N) is 4. The molecular weight excluding hydrogens is 488 g/mol. The number of hydrogen-bond donors (Lipinski definition) is 2. The van der Waals surface area contributed by atoms with Crippen LogP contribution in [-0.4, -0.2) is 59.4 Å². The summed E-state index contributed by atoms with van der Waals surface area (Å²) in [6, 6.07) is 17.4. The number of carbonyl (C=O) groups excluding carboxylic acids is 1. The minimum Gasteiger partial charge on any atom is -0.472 e. The zero-order valence-electron chi connectivity index (χ0n) is 20.5. The first-order chi connectivity index (χ1) is 18.6. The first-order valence-electron chi connectivity index (χ1n) is 12.5. The molecule has 1 atom stereocenters. The van der Waals surface area contributed by atoms with Crippen LogP contribution < -0.4 is 25.9 Å². The second kappa shape index (κ2) is 10.6. The summed E-state index contributed by atoms with van der Waals surface area (Å²) in [5.41, 5.74) is 2.94. The highest BCUT2D eigenvalue weighted by Gasteiger charge is 2.33. The second-order valence-corrected chi connectivity index (χ2v) is 9.21. The highest BCUT2D eigenvalue weighted by Crippen LogP contribution is 2.24. The number of pyridine rings is 2. The van der Waals surface area contributed by atoms with E-state index in [4.69, 9.17) is 13.9 Å². The van der Waals surface area contributed by atoms with Gasteiger partial charge in [-0.2, -0.15) is 4.98 Å². The number of anilines is 1. The predicted molar refractivity (Wildman–Crippen MR) is 139 cm³/mol. The number of nitrogens with one attached hydrogen (secondary N) is 2. The number of carbonyl (C=O) groups is 1. The predicted octanol–water partition coefficient (Wildman–Crippen LogP) is 2.50. The van der Waals surface area contributed by atoms with E-state index in [0.29, 0.717) is 43.3 Å². The molecule has 2 N–H and O–H groups in total. The Kier molecular flexibility index (Phi) is 6.67. The van der Waals surface area contributed by atoms with Crippen molar-refractivity contribution in [2.75, 3.05) is 31.1 Å². The van der Waals surface area contributed by atoms with Crippen molar-refractivity contribution in [1.82, 2.24) is 25.6 Å². The van der Waals surface area contributed by atoms with Gasteiger partial charge in [-0.3, -0.25) is 4.90 Å². The Balaban J connectivity index is 1.02. The molecule has 6 rings (SSSR count). The fourth-order valence-corrected chi connectivity index (χ4v) is 4.34. The fourth-order valence-electron chi connectivity index (χ4n) is 4.34. The van der Waals surface area contributed by atoms with Crippen molar-refractivity contribution in [1.29, 1.82) is 0 Å². The van der Waals surface area contributed by atoms with Gasteiger partial charge >= 0.3 is 11.7 Å². The molecule has 1 aromatic carbocycles. The smallest absolute Gasteiger partial charge is 0.415 e. The third-order valence-electron chi connectivity index (χ3n) is 6.43. The standard InChI is InChI=1S/C27H26N6O5/c34-25-15-30-22-7-8-23(32-26(22)38-25)33-16-19(37-27(33)35)9-10-28-12-17-3-1-4-18(11-17)21-5-2-6-24(31-21)36-20-13-29-14-20/h1-8,11,15,19-20,28-29H,9-10,12-14,16H2/t19-/m0/s1. The van der Waals surface area contributed by atoms with Gasteiger partial charge in [0.25, 0.3) is 5.71 Å². The molecule has 5 heterocycles. The van der Waals surface area contributed by atoms with Crippen LogP contribution in [0.5, 0.6) is 5.88 Å². The molecule has 2 saturated heterocycles. The summed E-state index contributed by atoms with van der Waals surface area (Å²) in [7, 11) is 0. The summed E-state index contributed by atoms with van der Waals surface area (Å²) in [6.07, 6.45) is 1.16. The van der Waals surface area contributed by atoms with E-state index in [9.17, 15) is 9.59 Å². The maximum Gasteiger partial charge on any atom is 0.415 e. The van der Waals surface area contributed by atoms with Crippen molar-refractivity contribution in [2.24, 2.45) is 0 Å². The van der Waals surface area contributed by atoms with Crippen molar-refractivity contribution in [3.05, 3.63) is 76.8 Å². The van der Waals surface area contributed by atoms with Gasteiger partial charge in [-0.1, -0.05) is 24.3 Å². The lowest BCUT2D eigenvalue weighted by molar-refractivity contribution is 0.136. The average Bonchev–Trinajstić information content (AvgIpc) is 3.29. The van der Waals surface area contributed by atoms with Crippen LogP contribution in [0.2, 0.25) is 0 Å². The van der Waals surface area contributed by atoms with Gasteiger partial charge in [-0.25, -0.2) is 19.6 Å². The van der Waals surface area contributed by atoms with Crippen LogP contribution >= 0.6 is 0 Å². The Hall–Kier alpha value is -4.35.